The van der Waals surface area contributed by atoms with Crippen molar-refractivity contribution in [2.75, 3.05) is 13.1 Å². The van der Waals surface area contributed by atoms with Gasteiger partial charge in [-0.15, -0.1) is 0 Å². The van der Waals surface area contributed by atoms with Crippen molar-refractivity contribution in [3.63, 3.8) is 0 Å². The molecule has 94 valence electrons. The van der Waals surface area contributed by atoms with Gasteiger partial charge in [0.2, 0.25) is 0 Å². The third-order valence-electron chi connectivity index (χ3n) is 3.37. The maximum Gasteiger partial charge on any atom is 0.253 e. The van der Waals surface area contributed by atoms with E-state index in [9.17, 15) is 4.79 Å². The molecule has 1 aliphatic heterocycles. The van der Waals surface area contributed by atoms with Crippen molar-refractivity contribution in [1.29, 1.82) is 0 Å². The van der Waals surface area contributed by atoms with Crippen LogP contribution in [0, 0.1) is 0 Å². The summed E-state index contributed by atoms with van der Waals surface area (Å²) in [6.45, 7) is 1.95. The van der Waals surface area contributed by atoms with E-state index in [0.29, 0.717) is 5.56 Å². The maximum atomic E-state index is 12.2. The molecule has 1 saturated heterocycles. The second kappa shape index (κ2) is 4.78. The minimum absolute atomic E-state index is 0.0128. The zero-order chi connectivity index (χ0) is 12.4. The third kappa shape index (κ3) is 2.09. The zero-order valence-electron chi connectivity index (χ0n) is 10.1. The first-order valence-electron chi connectivity index (χ1n) is 6.28. The van der Waals surface area contributed by atoms with Crippen molar-refractivity contribution in [2.45, 2.75) is 18.9 Å². The van der Waals surface area contributed by atoms with Crippen molar-refractivity contribution < 1.29 is 4.79 Å². The third-order valence-corrected chi connectivity index (χ3v) is 3.37. The van der Waals surface area contributed by atoms with Gasteiger partial charge in [-0.25, -0.2) is 4.98 Å². The van der Waals surface area contributed by atoms with Gasteiger partial charge in [-0.1, -0.05) is 0 Å². The Balaban J connectivity index is 1.79. The standard InChI is InChI=1S/C13H16N4O/c18-13(17-9-3-6-14-7-4-9)11-8-16-12-10(11)2-1-5-15-12/h1-2,5,8-9,14H,3-4,6-7H2,(H,15,16)(H,17,18). The fourth-order valence-electron chi connectivity index (χ4n) is 2.37. The Hall–Kier alpha value is -1.88. The van der Waals surface area contributed by atoms with Crippen molar-refractivity contribution >= 4 is 16.9 Å². The Labute approximate surface area is 105 Å². The van der Waals surface area contributed by atoms with Crippen molar-refractivity contribution in [2.24, 2.45) is 0 Å². The summed E-state index contributed by atoms with van der Waals surface area (Å²) in [5.74, 6) is -0.0128. The highest BCUT2D eigenvalue weighted by molar-refractivity contribution is 6.05. The number of H-pyrrole nitrogens is 1. The largest absolute Gasteiger partial charge is 0.349 e. The molecule has 5 nitrogen and oxygen atoms in total. The predicted molar refractivity (Wildman–Crippen MR) is 69.5 cm³/mol. The lowest BCUT2D eigenvalue weighted by molar-refractivity contribution is 0.0931. The lowest BCUT2D eigenvalue weighted by Crippen LogP contribution is -2.42. The number of aromatic amines is 1. The second-order valence-corrected chi connectivity index (χ2v) is 4.60. The van der Waals surface area contributed by atoms with Crippen LogP contribution in [0.4, 0.5) is 0 Å². The smallest absolute Gasteiger partial charge is 0.253 e. The fraction of sp³-hybridized carbons (Fsp3) is 0.385. The van der Waals surface area contributed by atoms with Crippen molar-refractivity contribution in [3.8, 4) is 0 Å². The Kier molecular flexibility index (Phi) is 2.98. The molecule has 2 aromatic heterocycles. The number of amides is 1. The number of hydrogen-bond acceptors (Lipinski definition) is 3. The number of nitrogens with one attached hydrogen (secondary N) is 3. The minimum Gasteiger partial charge on any atom is -0.349 e. The van der Waals surface area contributed by atoms with E-state index in [1.807, 2.05) is 12.1 Å². The summed E-state index contributed by atoms with van der Waals surface area (Å²) in [6, 6.07) is 4.04. The van der Waals surface area contributed by atoms with Gasteiger partial charge in [0.1, 0.15) is 5.65 Å². The maximum absolute atomic E-state index is 12.2. The van der Waals surface area contributed by atoms with E-state index in [1.165, 1.54) is 0 Å². The summed E-state index contributed by atoms with van der Waals surface area (Å²) in [7, 11) is 0. The number of nitrogens with zero attached hydrogens (tertiary/aromatic N) is 1. The Morgan fingerprint density at radius 2 is 2.22 bits per heavy atom. The first-order valence-corrected chi connectivity index (χ1v) is 6.28. The van der Waals surface area contributed by atoms with Crippen LogP contribution in [-0.4, -0.2) is 35.0 Å². The quantitative estimate of drug-likeness (QED) is 0.739. The molecular formula is C13H16N4O. The van der Waals surface area contributed by atoms with Gasteiger partial charge in [-0.2, -0.15) is 0 Å². The lowest BCUT2D eigenvalue weighted by Gasteiger charge is -2.23. The number of piperidine rings is 1. The highest BCUT2D eigenvalue weighted by atomic mass is 16.1. The molecule has 0 radical (unpaired) electrons. The SMILES string of the molecule is O=C(NC1CCNCC1)c1c[nH]c2ncccc12. The number of fused-ring (bicyclic) bond motifs is 1. The van der Waals surface area contributed by atoms with Gasteiger partial charge in [-0.05, 0) is 38.1 Å². The number of aromatic nitrogens is 2. The average Bonchev–Trinajstić information content (AvgIpc) is 2.84. The molecule has 0 bridgehead atoms. The first-order chi connectivity index (χ1) is 8.84. The zero-order valence-corrected chi connectivity index (χ0v) is 10.1. The van der Waals surface area contributed by atoms with Crippen LogP contribution in [0.25, 0.3) is 11.0 Å². The van der Waals surface area contributed by atoms with E-state index in [1.54, 1.807) is 12.4 Å². The van der Waals surface area contributed by atoms with Gasteiger partial charge >= 0.3 is 0 Å². The van der Waals surface area contributed by atoms with Gasteiger partial charge in [-0.3, -0.25) is 4.79 Å². The number of carbonyl (C=O) groups is 1. The Morgan fingerprint density at radius 1 is 1.39 bits per heavy atom. The number of hydrogen-bond donors (Lipinski definition) is 3. The van der Waals surface area contributed by atoms with E-state index in [4.69, 9.17) is 0 Å². The molecule has 2 aromatic rings. The molecule has 3 N–H and O–H groups in total. The number of rotatable bonds is 2. The summed E-state index contributed by atoms with van der Waals surface area (Å²) in [5.41, 5.74) is 1.43. The molecule has 1 fully saturated rings. The molecule has 3 rings (SSSR count). The molecular weight excluding hydrogens is 228 g/mol. The van der Waals surface area contributed by atoms with E-state index in [2.05, 4.69) is 20.6 Å². The van der Waals surface area contributed by atoms with Crippen LogP contribution in [0.1, 0.15) is 23.2 Å². The molecule has 3 heterocycles. The van der Waals surface area contributed by atoms with Crippen LogP contribution in [-0.2, 0) is 0 Å². The van der Waals surface area contributed by atoms with Gasteiger partial charge in [0, 0.05) is 23.8 Å². The summed E-state index contributed by atoms with van der Waals surface area (Å²) in [5, 5.41) is 7.25. The molecule has 0 spiro atoms. The molecule has 1 amide bonds. The second-order valence-electron chi connectivity index (χ2n) is 4.60. The topological polar surface area (TPSA) is 69.8 Å². The lowest BCUT2D eigenvalue weighted by atomic mass is 10.1. The van der Waals surface area contributed by atoms with Crippen LogP contribution in [0.3, 0.4) is 0 Å². The van der Waals surface area contributed by atoms with Gasteiger partial charge in [0.15, 0.2) is 0 Å². The molecule has 0 saturated carbocycles. The molecule has 0 atom stereocenters. The minimum atomic E-state index is -0.0128. The van der Waals surface area contributed by atoms with Gasteiger partial charge in [0.25, 0.3) is 5.91 Å². The monoisotopic (exact) mass is 244 g/mol. The summed E-state index contributed by atoms with van der Waals surface area (Å²) in [6.07, 6.45) is 5.43. The van der Waals surface area contributed by atoms with Crippen molar-refractivity contribution in [3.05, 3.63) is 30.1 Å². The highest BCUT2D eigenvalue weighted by Gasteiger charge is 2.18. The first kappa shape index (κ1) is 11.2. The normalized spacial score (nSPS) is 16.9. The molecule has 1 aliphatic rings. The molecule has 5 heteroatoms. The van der Waals surface area contributed by atoms with Crippen LogP contribution < -0.4 is 10.6 Å². The van der Waals surface area contributed by atoms with Crippen LogP contribution in [0.5, 0.6) is 0 Å². The molecule has 18 heavy (non-hydrogen) atoms. The van der Waals surface area contributed by atoms with Crippen LogP contribution in [0.15, 0.2) is 24.5 Å². The highest BCUT2D eigenvalue weighted by Crippen LogP contribution is 2.16. The van der Waals surface area contributed by atoms with Crippen LogP contribution in [0.2, 0.25) is 0 Å². The van der Waals surface area contributed by atoms with E-state index in [-0.39, 0.29) is 11.9 Å². The Bertz CT molecular complexity index is 557. The molecule has 0 aromatic carbocycles. The summed E-state index contributed by atoms with van der Waals surface area (Å²) >= 11 is 0. The van der Waals surface area contributed by atoms with Gasteiger partial charge in [0.05, 0.1) is 5.56 Å². The Morgan fingerprint density at radius 3 is 3.06 bits per heavy atom. The van der Waals surface area contributed by atoms with E-state index >= 15 is 0 Å². The fourth-order valence-corrected chi connectivity index (χ4v) is 2.37. The van der Waals surface area contributed by atoms with Gasteiger partial charge < -0.3 is 15.6 Å². The van der Waals surface area contributed by atoms with E-state index in [0.717, 1.165) is 37.0 Å². The average molecular weight is 244 g/mol. The van der Waals surface area contributed by atoms with Crippen LogP contribution >= 0.6 is 0 Å². The molecule has 0 aliphatic carbocycles. The van der Waals surface area contributed by atoms with Crippen molar-refractivity contribution in [1.82, 2.24) is 20.6 Å². The van der Waals surface area contributed by atoms with E-state index < -0.39 is 0 Å². The summed E-state index contributed by atoms with van der Waals surface area (Å²) < 4.78 is 0. The molecule has 0 unspecified atom stereocenters. The number of pyridine rings is 1. The predicted octanol–water partition coefficient (Wildman–Crippen LogP) is 1.04. The number of carbonyl (C=O) groups excluding carboxylic acids is 1. The summed E-state index contributed by atoms with van der Waals surface area (Å²) in [4.78, 5) is 19.4.